The third-order valence-electron chi connectivity index (χ3n) is 5.17. The monoisotopic (exact) mass is 432 g/mol. The fourth-order valence-electron chi connectivity index (χ4n) is 3.50. The summed E-state index contributed by atoms with van der Waals surface area (Å²) in [6, 6.07) is 13.3. The molecule has 2 aromatic heterocycles. The molecule has 0 saturated heterocycles. The zero-order valence-electron chi connectivity index (χ0n) is 17.8. The van der Waals surface area contributed by atoms with Crippen LogP contribution in [-0.4, -0.2) is 21.6 Å². The van der Waals surface area contributed by atoms with Crippen LogP contribution >= 0.6 is 0 Å². The highest BCUT2D eigenvalue weighted by Crippen LogP contribution is 2.24. The fourth-order valence-corrected chi connectivity index (χ4v) is 3.50. The van der Waals surface area contributed by atoms with E-state index in [9.17, 15) is 14.0 Å². The molecule has 0 aliphatic rings. The average molecular weight is 432 g/mol. The van der Waals surface area contributed by atoms with Crippen LogP contribution in [0.3, 0.4) is 0 Å². The lowest BCUT2D eigenvalue weighted by molar-refractivity contribution is -0.117. The Labute approximate surface area is 183 Å². The zero-order valence-corrected chi connectivity index (χ0v) is 17.8. The summed E-state index contributed by atoms with van der Waals surface area (Å²) in [7, 11) is 0. The summed E-state index contributed by atoms with van der Waals surface area (Å²) >= 11 is 0. The average Bonchev–Trinajstić information content (AvgIpc) is 3.27. The van der Waals surface area contributed by atoms with Gasteiger partial charge in [-0.3, -0.25) is 20.4 Å². The van der Waals surface area contributed by atoms with Crippen molar-refractivity contribution in [2.45, 2.75) is 20.8 Å². The van der Waals surface area contributed by atoms with Gasteiger partial charge >= 0.3 is 5.91 Å². The van der Waals surface area contributed by atoms with Gasteiger partial charge in [-0.05, 0) is 57.2 Å². The summed E-state index contributed by atoms with van der Waals surface area (Å²) in [6.07, 6.45) is 2.92. The van der Waals surface area contributed by atoms with E-state index < -0.39 is 11.8 Å². The Morgan fingerprint density at radius 2 is 1.75 bits per heavy atom. The maximum atomic E-state index is 13.2. The molecule has 8 heteroatoms. The quantitative estimate of drug-likeness (QED) is 0.374. The minimum atomic E-state index is -0.544. The molecule has 32 heavy (non-hydrogen) atoms. The van der Waals surface area contributed by atoms with Gasteiger partial charge in [0, 0.05) is 28.3 Å². The molecule has 2 amide bonds. The van der Waals surface area contributed by atoms with E-state index in [1.807, 2.05) is 32.0 Å². The standard InChI is InChI=1S/C24H21FN4O3/c1-14-19-6-4-5-7-21(19)32-23(14)24(31)27-26-22(30)13-12-20-15(2)28-29(16(20)3)18-10-8-17(25)9-11-18/h4-13H,1-3H3,(H,26,30)(H,27,31)/b13-12+. The van der Waals surface area contributed by atoms with Crippen molar-refractivity contribution < 1.29 is 18.4 Å². The predicted octanol–water partition coefficient (Wildman–Crippen LogP) is 4.16. The second-order valence-electron chi connectivity index (χ2n) is 7.30. The summed E-state index contributed by atoms with van der Waals surface area (Å²) in [6.45, 7) is 5.45. The van der Waals surface area contributed by atoms with Crippen molar-refractivity contribution in [1.82, 2.24) is 20.6 Å². The van der Waals surface area contributed by atoms with E-state index in [2.05, 4.69) is 16.0 Å². The summed E-state index contributed by atoms with van der Waals surface area (Å²) in [4.78, 5) is 24.7. The van der Waals surface area contributed by atoms with Crippen molar-refractivity contribution in [3.63, 3.8) is 0 Å². The van der Waals surface area contributed by atoms with Gasteiger partial charge in [0.25, 0.3) is 5.91 Å². The van der Waals surface area contributed by atoms with Crippen LogP contribution in [0.1, 0.15) is 33.1 Å². The van der Waals surface area contributed by atoms with Crippen molar-refractivity contribution in [1.29, 1.82) is 0 Å². The number of nitrogens with zero attached hydrogens (tertiary/aromatic N) is 2. The van der Waals surface area contributed by atoms with Gasteiger partial charge in [0.1, 0.15) is 11.4 Å². The van der Waals surface area contributed by atoms with Crippen molar-refractivity contribution in [3.8, 4) is 5.69 Å². The highest BCUT2D eigenvalue weighted by Gasteiger charge is 2.17. The molecule has 0 atom stereocenters. The number of benzene rings is 2. The van der Waals surface area contributed by atoms with Gasteiger partial charge in [0.05, 0.1) is 11.4 Å². The van der Waals surface area contributed by atoms with Crippen LogP contribution in [0.25, 0.3) is 22.7 Å². The molecule has 0 radical (unpaired) electrons. The molecule has 4 rings (SSSR count). The third-order valence-corrected chi connectivity index (χ3v) is 5.17. The van der Waals surface area contributed by atoms with Crippen molar-refractivity contribution in [2.24, 2.45) is 0 Å². The van der Waals surface area contributed by atoms with Gasteiger partial charge in [0.15, 0.2) is 5.76 Å². The number of nitrogens with one attached hydrogen (secondary N) is 2. The summed E-state index contributed by atoms with van der Waals surface area (Å²) in [5.74, 6) is -1.24. The first kappa shape index (κ1) is 21.0. The lowest BCUT2D eigenvalue weighted by atomic mass is 10.1. The Morgan fingerprint density at radius 1 is 1.03 bits per heavy atom. The summed E-state index contributed by atoms with van der Waals surface area (Å²) in [5, 5.41) is 5.30. The number of furan rings is 1. The molecule has 162 valence electrons. The van der Waals surface area contributed by atoms with E-state index in [1.165, 1.54) is 18.2 Å². The molecule has 2 N–H and O–H groups in total. The van der Waals surface area contributed by atoms with Gasteiger partial charge < -0.3 is 4.42 Å². The molecule has 0 aliphatic heterocycles. The summed E-state index contributed by atoms with van der Waals surface area (Å²) in [5.41, 5.74) is 8.98. The van der Waals surface area contributed by atoms with Crippen LogP contribution in [0.5, 0.6) is 0 Å². The van der Waals surface area contributed by atoms with E-state index in [0.29, 0.717) is 22.5 Å². The van der Waals surface area contributed by atoms with Gasteiger partial charge in [0.2, 0.25) is 0 Å². The molecule has 0 bridgehead atoms. The molecule has 0 aliphatic carbocycles. The van der Waals surface area contributed by atoms with Gasteiger partial charge in [-0.15, -0.1) is 0 Å². The van der Waals surface area contributed by atoms with Crippen LogP contribution in [0.15, 0.2) is 59.0 Å². The van der Waals surface area contributed by atoms with E-state index >= 15 is 0 Å². The van der Waals surface area contributed by atoms with Crippen molar-refractivity contribution >= 4 is 28.9 Å². The Bertz CT molecular complexity index is 1350. The number of rotatable bonds is 4. The van der Waals surface area contributed by atoms with Gasteiger partial charge in [-0.25, -0.2) is 9.07 Å². The third kappa shape index (κ3) is 4.02. The minimum Gasteiger partial charge on any atom is -0.451 e. The van der Waals surface area contributed by atoms with E-state index in [4.69, 9.17) is 4.42 Å². The zero-order chi connectivity index (χ0) is 22.8. The van der Waals surface area contributed by atoms with E-state index in [1.54, 1.807) is 35.9 Å². The first-order valence-corrected chi connectivity index (χ1v) is 9.94. The number of hydrazine groups is 1. The number of aryl methyl sites for hydroxylation is 2. The first-order valence-electron chi connectivity index (χ1n) is 9.94. The number of para-hydroxylation sites is 1. The van der Waals surface area contributed by atoms with Crippen LogP contribution < -0.4 is 10.9 Å². The largest absolute Gasteiger partial charge is 0.451 e. The molecule has 7 nitrogen and oxygen atoms in total. The fraction of sp³-hybridized carbons (Fsp3) is 0.125. The van der Waals surface area contributed by atoms with Crippen LogP contribution in [-0.2, 0) is 4.79 Å². The molecule has 4 aromatic rings. The Kier molecular flexibility index (Phi) is 5.59. The maximum absolute atomic E-state index is 13.2. The molecular weight excluding hydrogens is 411 g/mol. The normalized spacial score (nSPS) is 11.2. The summed E-state index contributed by atoms with van der Waals surface area (Å²) < 4.78 is 20.5. The molecule has 0 saturated carbocycles. The SMILES string of the molecule is Cc1nn(-c2ccc(F)cc2)c(C)c1/C=C/C(=O)NNC(=O)c1oc2ccccc2c1C. The number of carbonyl (C=O) groups excluding carboxylic acids is 2. The number of halogens is 1. The van der Waals surface area contributed by atoms with Crippen molar-refractivity contribution in [3.05, 3.63) is 88.7 Å². The number of fused-ring (bicyclic) bond motifs is 1. The Hall–Kier alpha value is -4.20. The molecule has 0 fully saturated rings. The van der Waals surface area contributed by atoms with Crippen LogP contribution in [0.4, 0.5) is 4.39 Å². The van der Waals surface area contributed by atoms with E-state index in [-0.39, 0.29) is 11.6 Å². The number of carbonyl (C=O) groups is 2. The van der Waals surface area contributed by atoms with Crippen molar-refractivity contribution in [2.75, 3.05) is 0 Å². The molecule has 0 spiro atoms. The van der Waals surface area contributed by atoms with E-state index in [0.717, 1.165) is 16.6 Å². The van der Waals surface area contributed by atoms with Crippen LogP contribution in [0.2, 0.25) is 0 Å². The lowest BCUT2D eigenvalue weighted by Gasteiger charge is -2.05. The molecule has 2 heterocycles. The predicted molar refractivity (Wildman–Crippen MR) is 119 cm³/mol. The lowest BCUT2D eigenvalue weighted by Crippen LogP contribution is -2.40. The number of hydrogen-bond donors (Lipinski definition) is 2. The number of aromatic nitrogens is 2. The highest BCUT2D eigenvalue weighted by atomic mass is 19.1. The molecule has 0 unspecified atom stereocenters. The van der Waals surface area contributed by atoms with Gasteiger partial charge in [-0.1, -0.05) is 18.2 Å². The molecular formula is C24H21FN4O3. The van der Waals surface area contributed by atoms with Crippen LogP contribution in [0, 0.1) is 26.6 Å². The highest BCUT2D eigenvalue weighted by molar-refractivity contribution is 6.00. The Morgan fingerprint density at radius 3 is 2.47 bits per heavy atom. The maximum Gasteiger partial charge on any atom is 0.305 e. The smallest absolute Gasteiger partial charge is 0.305 e. The second-order valence-corrected chi connectivity index (χ2v) is 7.30. The number of hydrogen-bond acceptors (Lipinski definition) is 4. The number of amides is 2. The minimum absolute atomic E-state index is 0.141. The molecule has 2 aromatic carbocycles. The topological polar surface area (TPSA) is 89.2 Å². The Balaban J connectivity index is 1.44. The second kappa shape index (κ2) is 8.50. The first-order chi connectivity index (χ1) is 15.3. The van der Waals surface area contributed by atoms with Gasteiger partial charge in [-0.2, -0.15) is 5.10 Å².